The Labute approximate surface area is 167 Å². The number of imidazole rings is 1. The van der Waals surface area contributed by atoms with E-state index in [1.165, 1.54) is 12.7 Å². The number of fused-ring (bicyclic) bond motifs is 1. The molecule has 0 saturated carbocycles. The summed E-state index contributed by atoms with van der Waals surface area (Å²) < 4.78 is 36.6. The number of amides is 1. The largest absolute Gasteiger partial charge is 0.443 e. The molecule has 0 unspecified atom stereocenters. The Morgan fingerprint density at radius 1 is 1.36 bits per heavy atom. The minimum absolute atomic E-state index is 0.201. The highest BCUT2D eigenvalue weighted by molar-refractivity contribution is 7.87. The fraction of sp³-hybridized carbons (Fsp3) is 0.467. The number of aromatic nitrogens is 4. The average Bonchev–Trinajstić information content (AvgIpc) is 3.16. The van der Waals surface area contributed by atoms with Crippen LogP contribution in [0.4, 0.5) is 4.79 Å². The zero-order valence-corrected chi connectivity index (χ0v) is 16.9. The zero-order valence-electron chi connectivity index (χ0n) is 15.3. The number of nitrogens with two attached hydrogens (primary N) is 1. The summed E-state index contributed by atoms with van der Waals surface area (Å²) in [6.45, 7) is 4.51. The van der Waals surface area contributed by atoms with Crippen LogP contribution in [-0.4, -0.2) is 56.6 Å². The van der Waals surface area contributed by atoms with Gasteiger partial charge in [0, 0.05) is 12.8 Å². The number of carbonyl (C=O) groups is 1. The Morgan fingerprint density at radius 3 is 2.71 bits per heavy atom. The summed E-state index contributed by atoms with van der Waals surface area (Å²) in [5, 5.41) is 5.37. The molecule has 3 heterocycles. The third kappa shape index (κ3) is 4.51. The normalized spacial score (nSPS) is 20.5. The molecule has 0 bridgehead atoms. The predicted octanol–water partition coefficient (Wildman–Crippen LogP) is 1.23. The molecule has 2 aromatic rings. The third-order valence-corrected chi connectivity index (χ3v) is 4.83. The first-order valence-electron chi connectivity index (χ1n) is 8.16. The Balaban J connectivity index is 1.75. The van der Waals surface area contributed by atoms with Crippen LogP contribution in [0, 0.1) is 12.8 Å². The van der Waals surface area contributed by atoms with Gasteiger partial charge in [-0.15, -0.1) is 0 Å². The van der Waals surface area contributed by atoms with Crippen LogP contribution in [0.1, 0.15) is 27.0 Å². The zero-order chi connectivity index (χ0) is 20.7. The Bertz CT molecular complexity index is 988. The van der Waals surface area contributed by atoms with Gasteiger partial charge >= 0.3 is 16.3 Å². The van der Waals surface area contributed by atoms with Gasteiger partial charge in [0.2, 0.25) is 0 Å². The van der Waals surface area contributed by atoms with Crippen molar-refractivity contribution in [1.29, 1.82) is 0 Å². The molecule has 3 rings (SSSR count). The van der Waals surface area contributed by atoms with Gasteiger partial charge in [-0.2, -0.15) is 12.7 Å². The molecule has 1 saturated heterocycles. The molecule has 1 aliphatic heterocycles. The van der Waals surface area contributed by atoms with Crippen LogP contribution in [0.2, 0.25) is 5.15 Å². The van der Waals surface area contributed by atoms with Gasteiger partial charge in [0.25, 0.3) is 0 Å². The molecule has 13 heteroatoms. The fourth-order valence-corrected chi connectivity index (χ4v) is 3.30. The average molecular weight is 431 g/mol. The maximum absolute atomic E-state index is 12.2. The van der Waals surface area contributed by atoms with Gasteiger partial charge in [-0.3, -0.25) is 4.57 Å². The number of rotatable bonds is 4. The summed E-state index contributed by atoms with van der Waals surface area (Å²) in [5.41, 5.74) is -0.0285. The third-order valence-electron chi connectivity index (χ3n) is 3.64. The van der Waals surface area contributed by atoms with Crippen molar-refractivity contribution in [3.05, 3.63) is 30.6 Å². The molecule has 0 aliphatic carbocycles. The van der Waals surface area contributed by atoms with Crippen LogP contribution in [0.5, 0.6) is 0 Å². The monoisotopic (exact) mass is 430 g/mol. The van der Waals surface area contributed by atoms with Crippen molar-refractivity contribution in [2.24, 2.45) is 5.14 Å². The second kappa shape index (κ2) is 7.43. The molecule has 11 nitrogen and oxygen atoms in total. The predicted molar refractivity (Wildman–Crippen MR) is 98.9 cm³/mol. The van der Waals surface area contributed by atoms with E-state index in [0.29, 0.717) is 15.5 Å². The molecule has 0 spiro atoms. The highest BCUT2D eigenvalue weighted by atomic mass is 35.5. The van der Waals surface area contributed by atoms with Crippen molar-refractivity contribution in [3.63, 3.8) is 0 Å². The molecule has 28 heavy (non-hydrogen) atoms. The van der Waals surface area contributed by atoms with Crippen LogP contribution < -0.4 is 5.14 Å². The molecular formula is C15H19ClN6O5S. The lowest BCUT2D eigenvalue weighted by Crippen LogP contribution is -2.47. The van der Waals surface area contributed by atoms with E-state index in [4.69, 9.17) is 26.2 Å². The topological polar surface area (TPSA) is 143 Å². The van der Waals surface area contributed by atoms with Gasteiger partial charge in [0.1, 0.15) is 23.7 Å². The molecule has 1 aliphatic rings. The Morgan fingerprint density at radius 2 is 2.07 bits per heavy atom. The smallest absolute Gasteiger partial charge is 0.425 e. The Kier molecular flexibility index (Phi) is 5.49. The van der Waals surface area contributed by atoms with E-state index < -0.39 is 34.2 Å². The van der Waals surface area contributed by atoms with Crippen LogP contribution in [-0.2, 0) is 19.7 Å². The van der Waals surface area contributed by atoms with Gasteiger partial charge < -0.3 is 9.47 Å². The summed E-state index contributed by atoms with van der Waals surface area (Å²) in [4.78, 5) is 24.4. The van der Waals surface area contributed by atoms with Gasteiger partial charge in [-0.1, -0.05) is 11.6 Å². The molecule has 2 radical (unpaired) electrons. The number of halogens is 1. The second-order valence-electron chi connectivity index (χ2n) is 6.99. The van der Waals surface area contributed by atoms with E-state index in [1.807, 2.05) is 0 Å². The molecule has 2 aromatic heterocycles. The lowest BCUT2D eigenvalue weighted by atomic mass is 10.2. The van der Waals surface area contributed by atoms with E-state index >= 15 is 0 Å². The minimum Gasteiger partial charge on any atom is -0.443 e. The highest BCUT2D eigenvalue weighted by Gasteiger charge is 2.36. The van der Waals surface area contributed by atoms with Crippen LogP contribution in [0.25, 0.3) is 11.2 Å². The quantitative estimate of drug-likeness (QED) is 0.713. The van der Waals surface area contributed by atoms with E-state index in [9.17, 15) is 13.2 Å². The van der Waals surface area contributed by atoms with Crippen molar-refractivity contribution in [2.75, 3.05) is 6.54 Å². The fourth-order valence-electron chi connectivity index (χ4n) is 2.52. The first-order valence-corrected chi connectivity index (χ1v) is 10.0. The highest BCUT2D eigenvalue weighted by Crippen LogP contribution is 2.30. The van der Waals surface area contributed by atoms with Gasteiger partial charge in [0.05, 0.1) is 19.0 Å². The molecule has 152 valence electrons. The van der Waals surface area contributed by atoms with Crippen molar-refractivity contribution < 1.29 is 22.7 Å². The summed E-state index contributed by atoms with van der Waals surface area (Å²) in [5.74, 6) is 0. The van der Waals surface area contributed by atoms with Crippen LogP contribution in [0.15, 0.2) is 12.7 Å². The first kappa shape index (κ1) is 20.7. The van der Waals surface area contributed by atoms with E-state index in [1.54, 1.807) is 38.2 Å². The van der Waals surface area contributed by atoms with Crippen molar-refractivity contribution in [1.82, 2.24) is 23.8 Å². The number of carbonyl (C=O) groups excluding carboxylic acids is 1. The summed E-state index contributed by atoms with van der Waals surface area (Å²) >= 11 is 5.99. The van der Waals surface area contributed by atoms with Gasteiger partial charge in [-0.05, 0) is 20.8 Å². The van der Waals surface area contributed by atoms with E-state index in [-0.39, 0.29) is 11.7 Å². The maximum Gasteiger partial charge on any atom is 0.425 e. The molecule has 0 aromatic carbocycles. The van der Waals surface area contributed by atoms with Crippen molar-refractivity contribution >= 4 is 39.1 Å². The second-order valence-corrected chi connectivity index (χ2v) is 8.82. The Hall–Kier alpha value is -2.02. The molecular weight excluding hydrogens is 412 g/mol. The number of nitrogens with zero attached hydrogens (tertiary/aromatic N) is 5. The maximum atomic E-state index is 12.2. The van der Waals surface area contributed by atoms with Crippen molar-refractivity contribution in [3.8, 4) is 0 Å². The summed E-state index contributed by atoms with van der Waals surface area (Å²) in [6, 6.07) is 0. The van der Waals surface area contributed by atoms with Gasteiger partial charge in [-0.25, -0.2) is 24.9 Å². The minimum atomic E-state index is -4.35. The summed E-state index contributed by atoms with van der Waals surface area (Å²) in [6.07, 6.45) is 3.62. The number of hydrogen-bond acceptors (Lipinski definition) is 8. The molecule has 2 atom stereocenters. The van der Waals surface area contributed by atoms with E-state index in [0.717, 1.165) is 0 Å². The summed E-state index contributed by atoms with van der Waals surface area (Å²) in [7, 11) is -4.35. The first-order chi connectivity index (χ1) is 13.0. The number of hydrogen-bond donors (Lipinski definition) is 1. The molecule has 1 fully saturated rings. The molecule has 2 N–H and O–H groups in total. The van der Waals surface area contributed by atoms with Crippen molar-refractivity contribution in [2.45, 2.75) is 38.7 Å². The van der Waals surface area contributed by atoms with Crippen LogP contribution >= 0.6 is 11.6 Å². The number of ether oxygens (including phenoxy) is 2. The standard InChI is InChI=1S/C15H19ClN6O5S/c1-15(2,3)27-14(23)22(28(17,24)25)6-9-4-5-10(26-9)21-8-20-11-12(16)18-7-19-13(11)21/h4-5,7-10H,6H2,1-3H3,(H2,17,24,25)/t9-,10-/m1/s1. The lowest BCUT2D eigenvalue weighted by Gasteiger charge is -2.27. The van der Waals surface area contributed by atoms with Gasteiger partial charge in [0.15, 0.2) is 10.8 Å². The van der Waals surface area contributed by atoms with E-state index in [2.05, 4.69) is 15.0 Å². The SMILES string of the molecule is CC(C)(C)OC(=O)N(C[C@H]1[CH][CH][C@H](n2cnc3c(Cl)ncnc32)O1)S(N)(=O)=O. The van der Waals surface area contributed by atoms with Crippen LogP contribution in [0.3, 0.4) is 0 Å². The molecule has 1 amide bonds. The lowest BCUT2D eigenvalue weighted by molar-refractivity contribution is 0.00229.